The zero-order valence-electron chi connectivity index (χ0n) is 29.3. The van der Waals surface area contributed by atoms with Crippen LogP contribution in [0.2, 0.25) is 0 Å². The van der Waals surface area contributed by atoms with Crippen LogP contribution in [0.3, 0.4) is 0 Å². The molecular weight excluding hydrogens is 627 g/mol. The highest BCUT2D eigenvalue weighted by molar-refractivity contribution is 6.25. The van der Waals surface area contributed by atoms with Crippen molar-refractivity contribution in [2.24, 2.45) is 5.92 Å². The summed E-state index contributed by atoms with van der Waals surface area (Å²) in [5.74, 6) is 0.913. The molecule has 0 amide bonds. The van der Waals surface area contributed by atoms with Crippen LogP contribution >= 0.6 is 0 Å². The Balaban J connectivity index is 1.03. The predicted octanol–water partition coefficient (Wildman–Crippen LogP) is 13.7. The summed E-state index contributed by atoms with van der Waals surface area (Å²) in [6.45, 7) is 4.81. The maximum atomic E-state index is 2.47. The summed E-state index contributed by atoms with van der Waals surface area (Å²) < 4.78 is 2.47. The van der Waals surface area contributed by atoms with Crippen molar-refractivity contribution in [1.29, 1.82) is 0 Å². The number of hydrogen-bond donors (Lipinski definition) is 0. The lowest BCUT2D eigenvalue weighted by Crippen LogP contribution is -2.24. The lowest BCUT2D eigenvalue weighted by molar-refractivity contribution is 0.394. The second kappa shape index (κ2) is 10.9. The van der Waals surface area contributed by atoms with E-state index in [0.29, 0.717) is 11.8 Å². The Morgan fingerprint density at radius 3 is 1.71 bits per heavy atom. The van der Waals surface area contributed by atoms with E-state index in [4.69, 9.17) is 0 Å². The van der Waals surface area contributed by atoms with Gasteiger partial charge in [0.25, 0.3) is 0 Å². The molecule has 246 valence electrons. The summed E-state index contributed by atoms with van der Waals surface area (Å²) in [4.78, 5) is 0. The van der Waals surface area contributed by atoms with E-state index in [0.717, 1.165) is 0 Å². The fraction of sp³-hybridized carbons (Fsp3) is 0.0980. The molecule has 9 aromatic rings. The van der Waals surface area contributed by atoms with Gasteiger partial charge in [-0.25, -0.2) is 0 Å². The zero-order valence-corrected chi connectivity index (χ0v) is 29.3. The zero-order chi connectivity index (χ0) is 34.6. The van der Waals surface area contributed by atoms with Crippen molar-refractivity contribution >= 4 is 54.1 Å². The number of nitrogens with zero attached hydrogens (tertiary/aromatic N) is 1. The summed E-state index contributed by atoms with van der Waals surface area (Å²) in [6.07, 6.45) is 9.25. The number of allylic oxidation sites excluding steroid dienone is 4. The fourth-order valence-corrected chi connectivity index (χ4v) is 9.72. The van der Waals surface area contributed by atoms with Crippen molar-refractivity contribution < 1.29 is 0 Å². The van der Waals surface area contributed by atoms with E-state index in [-0.39, 0.29) is 5.41 Å². The van der Waals surface area contributed by atoms with E-state index in [9.17, 15) is 0 Å². The van der Waals surface area contributed by atoms with Gasteiger partial charge in [-0.15, -0.1) is 0 Å². The number of fused-ring (bicyclic) bond motifs is 12. The number of aromatic nitrogens is 1. The second-order valence-electron chi connectivity index (χ2n) is 15.3. The van der Waals surface area contributed by atoms with Gasteiger partial charge in [0, 0.05) is 22.4 Å². The van der Waals surface area contributed by atoms with Crippen molar-refractivity contribution in [3.63, 3.8) is 0 Å². The average molecular weight is 664 g/mol. The van der Waals surface area contributed by atoms with E-state index < -0.39 is 0 Å². The van der Waals surface area contributed by atoms with Gasteiger partial charge >= 0.3 is 0 Å². The molecule has 2 unspecified atom stereocenters. The molecule has 52 heavy (non-hydrogen) atoms. The molecule has 1 heteroatoms. The van der Waals surface area contributed by atoms with Gasteiger partial charge in [0.05, 0.1) is 11.0 Å². The Hall–Kier alpha value is -6.18. The molecule has 0 bridgehead atoms. The first-order valence-corrected chi connectivity index (χ1v) is 18.5. The van der Waals surface area contributed by atoms with Gasteiger partial charge in [0.2, 0.25) is 0 Å². The monoisotopic (exact) mass is 663 g/mol. The molecule has 11 rings (SSSR count). The van der Waals surface area contributed by atoms with Gasteiger partial charge in [-0.1, -0.05) is 147 Å². The SMILES string of the molecule is CC1(C)c2ccc(-n3c4ccccc4c4cc(-c5cccc(-c6ccc7c8ccccc8c8ccccc8c7c6)c5)ccc43)cc2C2C=CC=CC21. The van der Waals surface area contributed by atoms with Crippen molar-refractivity contribution in [2.45, 2.75) is 25.2 Å². The van der Waals surface area contributed by atoms with Gasteiger partial charge in [-0.05, 0) is 119 Å². The summed E-state index contributed by atoms with van der Waals surface area (Å²) in [5, 5.41) is 10.4. The summed E-state index contributed by atoms with van der Waals surface area (Å²) >= 11 is 0. The Morgan fingerprint density at radius 2 is 0.981 bits per heavy atom. The Kier molecular flexibility index (Phi) is 6.20. The minimum absolute atomic E-state index is 0.110. The van der Waals surface area contributed by atoms with Crippen molar-refractivity contribution in [1.82, 2.24) is 4.57 Å². The van der Waals surface area contributed by atoms with Gasteiger partial charge in [0.15, 0.2) is 0 Å². The molecule has 0 saturated heterocycles. The lowest BCUT2D eigenvalue weighted by Gasteiger charge is -2.29. The minimum Gasteiger partial charge on any atom is -0.309 e. The van der Waals surface area contributed by atoms with E-state index in [1.165, 1.54) is 93.2 Å². The largest absolute Gasteiger partial charge is 0.309 e. The number of benzene rings is 8. The van der Waals surface area contributed by atoms with E-state index >= 15 is 0 Å². The van der Waals surface area contributed by atoms with Crippen LogP contribution in [0.25, 0.3) is 82.1 Å². The van der Waals surface area contributed by atoms with E-state index in [1.807, 2.05) is 0 Å². The number of hydrogen-bond acceptors (Lipinski definition) is 0. The second-order valence-corrected chi connectivity index (χ2v) is 15.3. The van der Waals surface area contributed by atoms with E-state index in [1.54, 1.807) is 0 Å². The maximum absolute atomic E-state index is 2.47. The van der Waals surface area contributed by atoms with Crippen LogP contribution in [0.15, 0.2) is 176 Å². The van der Waals surface area contributed by atoms with Gasteiger partial charge in [-0.3, -0.25) is 0 Å². The average Bonchev–Trinajstić information content (AvgIpc) is 3.65. The van der Waals surface area contributed by atoms with Crippen LogP contribution in [0.1, 0.15) is 30.9 Å². The molecule has 1 aromatic heterocycles. The first kappa shape index (κ1) is 29.5. The van der Waals surface area contributed by atoms with Gasteiger partial charge in [0.1, 0.15) is 0 Å². The molecule has 2 aliphatic carbocycles. The fourth-order valence-electron chi connectivity index (χ4n) is 9.72. The third kappa shape index (κ3) is 4.17. The number of rotatable bonds is 3. The van der Waals surface area contributed by atoms with Crippen LogP contribution < -0.4 is 0 Å². The molecular formula is C51H37N. The Morgan fingerprint density at radius 1 is 0.423 bits per heavy atom. The van der Waals surface area contributed by atoms with E-state index in [2.05, 4.69) is 194 Å². The molecule has 0 spiro atoms. The van der Waals surface area contributed by atoms with Gasteiger partial charge < -0.3 is 4.57 Å². The van der Waals surface area contributed by atoms with Crippen LogP contribution in [0.5, 0.6) is 0 Å². The van der Waals surface area contributed by atoms with Crippen molar-refractivity contribution in [3.8, 4) is 27.9 Å². The van der Waals surface area contributed by atoms with Crippen LogP contribution in [-0.2, 0) is 5.41 Å². The van der Waals surface area contributed by atoms with Gasteiger partial charge in [-0.2, -0.15) is 0 Å². The topological polar surface area (TPSA) is 4.93 Å². The molecule has 0 N–H and O–H groups in total. The third-order valence-electron chi connectivity index (χ3n) is 12.3. The smallest absolute Gasteiger partial charge is 0.0541 e. The highest BCUT2D eigenvalue weighted by atomic mass is 15.0. The molecule has 0 saturated carbocycles. The van der Waals surface area contributed by atoms with Crippen LogP contribution in [0.4, 0.5) is 0 Å². The Bertz CT molecular complexity index is 2970. The molecule has 8 aromatic carbocycles. The van der Waals surface area contributed by atoms with Crippen molar-refractivity contribution in [3.05, 3.63) is 187 Å². The lowest BCUT2D eigenvalue weighted by atomic mass is 9.74. The standard InChI is InChI=1S/C51H37N/c1-51(2)47-20-9-7-18-42(47)45-31-36(24-26-48(45)51)52-49-21-10-8-19-43(49)46-30-35(23-27-50(46)52)33-13-11-12-32(28-33)34-22-25-41-39-16-4-3-14-37(39)38-15-5-6-17-40(38)44(41)29-34/h3-31,42,47H,1-2H3. The third-order valence-corrected chi connectivity index (χ3v) is 12.3. The normalized spacial score (nSPS) is 17.4. The highest BCUT2D eigenvalue weighted by Gasteiger charge is 2.44. The molecule has 2 aliphatic rings. The highest BCUT2D eigenvalue weighted by Crippen LogP contribution is 2.53. The molecule has 1 heterocycles. The van der Waals surface area contributed by atoms with Crippen LogP contribution in [-0.4, -0.2) is 4.57 Å². The first-order valence-electron chi connectivity index (χ1n) is 18.5. The predicted molar refractivity (Wildman–Crippen MR) is 222 cm³/mol. The molecule has 1 nitrogen and oxygen atoms in total. The van der Waals surface area contributed by atoms with Crippen molar-refractivity contribution in [2.75, 3.05) is 0 Å². The quantitative estimate of drug-likeness (QED) is 0.166. The summed E-state index contributed by atoms with van der Waals surface area (Å²) in [6, 6.07) is 56.8. The summed E-state index contributed by atoms with van der Waals surface area (Å²) in [5.41, 5.74) is 11.7. The summed E-state index contributed by atoms with van der Waals surface area (Å²) in [7, 11) is 0. The Labute approximate surface area is 303 Å². The first-order chi connectivity index (χ1) is 25.5. The minimum atomic E-state index is 0.110. The number of para-hydroxylation sites is 1. The maximum Gasteiger partial charge on any atom is 0.0541 e. The molecule has 0 radical (unpaired) electrons. The van der Waals surface area contributed by atoms with Crippen LogP contribution in [0, 0.1) is 5.92 Å². The molecule has 0 aliphatic heterocycles. The molecule has 0 fully saturated rings. The molecule has 2 atom stereocenters.